The Morgan fingerprint density at radius 2 is 1.86 bits per heavy atom. The van der Waals surface area contributed by atoms with Crippen molar-refractivity contribution in [1.82, 2.24) is 16.0 Å². The predicted octanol–water partition coefficient (Wildman–Crippen LogP) is 0.670. The zero-order valence-electron chi connectivity index (χ0n) is 13.2. The Hall–Kier alpha value is -1.59. The van der Waals surface area contributed by atoms with Gasteiger partial charge >= 0.3 is 0 Å². The summed E-state index contributed by atoms with van der Waals surface area (Å²) in [5, 5.41) is 8.81. The van der Waals surface area contributed by atoms with Crippen LogP contribution >= 0.6 is 0 Å². The molecule has 6 nitrogen and oxygen atoms in total. The summed E-state index contributed by atoms with van der Waals surface area (Å²) < 4.78 is 0. The highest BCUT2D eigenvalue weighted by Gasteiger charge is 2.57. The van der Waals surface area contributed by atoms with Crippen LogP contribution in [0, 0.1) is 11.8 Å². The lowest BCUT2D eigenvalue weighted by atomic mass is 9.71. The first-order valence-corrected chi connectivity index (χ1v) is 7.62. The van der Waals surface area contributed by atoms with Crippen LogP contribution in [-0.4, -0.2) is 28.9 Å². The molecule has 0 aromatic rings. The third-order valence-electron chi connectivity index (χ3n) is 4.91. The summed E-state index contributed by atoms with van der Waals surface area (Å²) in [4.78, 5) is 35.8. The predicted molar refractivity (Wildman–Crippen MR) is 78.0 cm³/mol. The number of amides is 3. The molecular weight excluding hydrogens is 270 g/mol. The summed E-state index contributed by atoms with van der Waals surface area (Å²) in [7, 11) is 0. The molecule has 0 radical (unpaired) electrons. The van der Waals surface area contributed by atoms with Gasteiger partial charge in [-0.1, -0.05) is 13.8 Å². The number of fused-ring (bicyclic) bond motifs is 1. The Balaban J connectivity index is 2.33. The van der Waals surface area contributed by atoms with E-state index >= 15 is 0 Å². The Morgan fingerprint density at radius 1 is 1.24 bits per heavy atom. The maximum Gasteiger partial charge on any atom is 0.247 e. The van der Waals surface area contributed by atoms with Crippen LogP contribution in [0.5, 0.6) is 0 Å². The molecule has 0 aromatic carbocycles. The SMILES string of the molecule is CC(=O)N[C@@]12CCC[C@@H]1C[C@](NC(C)=O)(C(C)C)C(=O)N2. The van der Waals surface area contributed by atoms with Gasteiger partial charge in [-0.25, -0.2) is 0 Å². The van der Waals surface area contributed by atoms with E-state index in [9.17, 15) is 14.4 Å². The third kappa shape index (κ3) is 2.63. The van der Waals surface area contributed by atoms with Crippen molar-refractivity contribution in [3.05, 3.63) is 0 Å². The molecule has 1 saturated carbocycles. The Bertz CT molecular complexity index is 477. The number of piperidine rings is 1. The topological polar surface area (TPSA) is 87.3 Å². The van der Waals surface area contributed by atoms with Gasteiger partial charge in [0.15, 0.2) is 0 Å². The fraction of sp³-hybridized carbons (Fsp3) is 0.800. The minimum Gasteiger partial charge on any atom is -0.342 e. The van der Waals surface area contributed by atoms with Crippen LogP contribution in [0.3, 0.4) is 0 Å². The lowest BCUT2D eigenvalue weighted by molar-refractivity contribution is -0.144. The lowest BCUT2D eigenvalue weighted by Crippen LogP contribution is -2.75. The highest BCUT2D eigenvalue weighted by atomic mass is 16.2. The van der Waals surface area contributed by atoms with Gasteiger partial charge in [-0.15, -0.1) is 0 Å². The molecule has 0 unspecified atom stereocenters. The molecule has 6 heteroatoms. The van der Waals surface area contributed by atoms with E-state index in [2.05, 4.69) is 16.0 Å². The Morgan fingerprint density at radius 3 is 2.38 bits per heavy atom. The number of carbonyl (C=O) groups excluding carboxylic acids is 3. The highest BCUT2D eigenvalue weighted by Crippen LogP contribution is 2.44. The average molecular weight is 295 g/mol. The molecular formula is C15H25N3O3. The number of rotatable bonds is 3. The summed E-state index contributed by atoms with van der Waals surface area (Å²) in [6, 6.07) is 0. The molecule has 21 heavy (non-hydrogen) atoms. The Kier molecular flexibility index (Phi) is 4.00. The first-order valence-electron chi connectivity index (χ1n) is 7.62. The summed E-state index contributed by atoms with van der Waals surface area (Å²) in [5.74, 6) is -0.409. The number of carbonyl (C=O) groups is 3. The Labute approximate surface area is 125 Å². The maximum atomic E-state index is 12.7. The molecule has 3 atom stereocenters. The smallest absolute Gasteiger partial charge is 0.247 e. The fourth-order valence-corrected chi connectivity index (χ4v) is 3.89. The van der Waals surface area contributed by atoms with Crippen LogP contribution in [0.25, 0.3) is 0 Å². The molecule has 2 rings (SSSR count). The largest absolute Gasteiger partial charge is 0.342 e. The van der Waals surface area contributed by atoms with Gasteiger partial charge in [0.2, 0.25) is 17.7 Å². The van der Waals surface area contributed by atoms with Crippen molar-refractivity contribution in [1.29, 1.82) is 0 Å². The van der Waals surface area contributed by atoms with E-state index in [1.165, 1.54) is 13.8 Å². The van der Waals surface area contributed by atoms with Crippen LogP contribution in [0.1, 0.15) is 53.4 Å². The zero-order valence-corrected chi connectivity index (χ0v) is 13.2. The van der Waals surface area contributed by atoms with Crippen LogP contribution in [0.15, 0.2) is 0 Å². The van der Waals surface area contributed by atoms with Crippen molar-refractivity contribution in [3.8, 4) is 0 Å². The second-order valence-electron chi connectivity index (χ2n) is 6.71. The first-order chi connectivity index (χ1) is 9.72. The quantitative estimate of drug-likeness (QED) is 0.715. The van der Waals surface area contributed by atoms with Gasteiger partial charge in [-0.2, -0.15) is 0 Å². The van der Waals surface area contributed by atoms with Crippen LogP contribution in [0.4, 0.5) is 0 Å². The molecule has 2 aliphatic rings. The minimum atomic E-state index is -0.886. The van der Waals surface area contributed by atoms with E-state index in [0.29, 0.717) is 6.42 Å². The third-order valence-corrected chi connectivity index (χ3v) is 4.91. The monoisotopic (exact) mass is 295 g/mol. The zero-order chi connectivity index (χ0) is 15.8. The van der Waals surface area contributed by atoms with Crippen molar-refractivity contribution in [2.75, 3.05) is 0 Å². The van der Waals surface area contributed by atoms with Gasteiger partial charge in [0.1, 0.15) is 11.2 Å². The normalized spacial score (nSPS) is 35.1. The molecule has 1 saturated heterocycles. The molecule has 1 heterocycles. The molecule has 1 aliphatic carbocycles. The lowest BCUT2D eigenvalue weighted by Gasteiger charge is -2.50. The van der Waals surface area contributed by atoms with Crippen molar-refractivity contribution in [2.24, 2.45) is 11.8 Å². The van der Waals surface area contributed by atoms with E-state index < -0.39 is 11.2 Å². The maximum absolute atomic E-state index is 12.7. The second kappa shape index (κ2) is 5.31. The van der Waals surface area contributed by atoms with E-state index in [0.717, 1.165) is 19.3 Å². The molecule has 0 spiro atoms. The minimum absolute atomic E-state index is 0.0164. The average Bonchev–Trinajstić information content (AvgIpc) is 2.69. The van der Waals surface area contributed by atoms with Crippen molar-refractivity contribution in [3.63, 3.8) is 0 Å². The van der Waals surface area contributed by atoms with Crippen molar-refractivity contribution in [2.45, 2.75) is 64.6 Å². The summed E-state index contributed by atoms with van der Waals surface area (Å²) in [6.45, 7) is 6.78. The van der Waals surface area contributed by atoms with E-state index in [4.69, 9.17) is 0 Å². The van der Waals surface area contributed by atoms with E-state index in [1.807, 2.05) is 13.8 Å². The number of nitrogens with one attached hydrogen (secondary N) is 3. The van der Waals surface area contributed by atoms with Crippen LogP contribution < -0.4 is 16.0 Å². The summed E-state index contributed by atoms with van der Waals surface area (Å²) in [5.41, 5.74) is -1.53. The molecule has 118 valence electrons. The van der Waals surface area contributed by atoms with Gasteiger partial charge in [-0.05, 0) is 31.6 Å². The van der Waals surface area contributed by atoms with Gasteiger partial charge in [0.25, 0.3) is 0 Å². The highest BCUT2D eigenvalue weighted by molar-refractivity contribution is 5.93. The van der Waals surface area contributed by atoms with Gasteiger partial charge in [-0.3, -0.25) is 14.4 Å². The van der Waals surface area contributed by atoms with Crippen molar-refractivity contribution < 1.29 is 14.4 Å². The van der Waals surface area contributed by atoms with Crippen LogP contribution in [-0.2, 0) is 14.4 Å². The standard InChI is InChI=1S/C15H25N3O3/c1-9(2)14(16-10(3)19)8-12-6-5-7-15(12,17-11(4)20)18-13(14)21/h9,12H,5-8H2,1-4H3,(H,16,19)(H,17,20)(H,18,21)/t12-,14+,15-/m1/s1. The van der Waals surface area contributed by atoms with Crippen LogP contribution in [0.2, 0.25) is 0 Å². The van der Waals surface area contributed by atoms with E-state index in [-0.39, 0.29) is 29.6 Å². The fourth-order valence-electron chi connectivity index (χ4n) is 3.89. The molecule has 3 N–H and O–H groups in total. The molecule has 0 aromatic heterocycles. The summed E-state index contributed by atoms with van der Waals surface area (Å²) in [6.07, 6.45) is 3.21. The molecule has 2 fully saturated rings. The summed E-state index contributed by atoms with van der Waals surface area (Å²) >= 11 is 0. The number of hydrogen-bond donors (Lipinski definition) is 3. The second-order valence-corrected chi connectivity index (χ2v) is 6.71. The number of hydrogen-bond acceptors (Lipinski definition) is 3. The molecule has 0 bridgehead atoms. The van der Waals surface area contributed by atoms with E-state index in [1.54, 1.807) is 0 Å². The van der Waals surface area contributed by atoms with Gasteiger partial charge in [0.05, 0.1) is 0 Å². The van der Waals surface area contributed by atoms with Gasteiger partial charge < -0.3 is 16.0 Å². The first kappa shape index (κ1) is 15.8. The molecule has 3 amide bonds. The van der Waals surface area contributed by atoms with Crippen molar-refractivity contribution >= 4 is 17.7 Å². The van der Waals surface area contributed by atoms with Gasteiger partial charge in [0, 0.05) is 19.8 Å². The molecule has 1 aliphatic heterocycles.